The molecule has 0 radical (unpaired) electrons. The molecule has 1 aromatic rings. The monoisotopic (exact) mass is 315 g/mol. The normalized spacial score (nSPS) is 23.8. The van der Waals surface area contributed by atoms with Crippen LogP contribution in [0.5, 0.6) is 5.75 Å². The van der Waals surface area contributed by atoms with Gasteiger partial charge in [0, 0.05) is 12.6 Å². The van der Waals surface area contributed by atoms with Crippen LogP contribution in [0, 0.1) is 0 Å². The van der Waals surface area contributed by atoms with Crippen LogP contribution in [0.2, 0.25) is 0 Å². The Hall–Kier alpha value is -1.71. The number of nitrogens with zero attached hydrogens (tertiary/aromatic N) is 2. The molecule has 2 aliphatic rings. The van der Waals surface area contributed by atoms with Gasteiger partial charge in [0.2, 0.25) is 0 Å². The number of hydrogen-bond donors (Lipinski definition) is 2. The first-order chi connectivity index (χ1) is 11.2. The molecule has 0 bridgehead atoms. The second-order valence-electron chi connectivity index (χ2n) is 6.92. The van der Waals surface area contributed by atoms with Crippen LogP contribution in [0.15, 0.2) is 29.3 Å². The molecule has 23 heavy (non-hydrogen) atoms. The van der Waals surface area contributed by atoms with Crippen molar-refractivity contribution in [1.82, 2.24) is 4.90 Å². The van der Waals surface area contributed by atoms with Gasteiger partial charge in [0.25, 0.3) is 0 Å². The second kappa shape index (κ2) is 7.71. The maximum atomic E-state index is 10.1. The van der Waals surface area contributed by atoms with Gasteiger partial charge in [0.15, 0.2) is 5.96 Å². The second-order valence-corrected chi connectivity index (χ2v) is 6.92. The largest absolute Gasteiger partial charge is 0.506 e. The Morgan fingerprint density at radius 1 is 1.09 bits per heavy atom. The third-order valence-electron chi connectivity index (χ3n) is 5.11. The number of benzene rings is 1. The van der Waals surface area contributed by atoms with Crippen molar-refractivity contribution in [2.75, 3.05) is 11.9 Å². The molecule has 2 fully saturated rings. The van der Waals surface area contributed by atoms with Crippen molar-refractivity contribution in [1.29, 1.82) is 0 Å². The van der Waals surface area contributed by atoms with E-state index in [-0.39, 0.29) is 5.75 Å². The zero-order valence-electron chi connectivity index (χ0n) is 14.2. The van der Waals surface area contributed by atoms with E-state index in [1.807, 2.05) is 18.2 Å². The van der Waals surface area contributed by atoms with E-state index in [4.69, 9.17) is 4.99 Å². The number of rotatable bonds is 2. The molecule has 1 saturated heterocycles. The Morgan fingerprint density at radius 3 is 2.57 bits per heavy atom. The van der Waals surface area contributed by atoms with Crippen molar-refractivity contribution in [2.45, 2.75) is 70.4 Å². The lowest BCUT2D eigenvalue weighted by molar-refractivity contribution is 0.255. The summed E-state index contributed by atoms with van der Waals surface area (Å²) < 4.78 is 0. The quantitative estimate of drug-likeness (QED) is 0.484. The average molecular weight is 315 g/mol. The fraction of sp³-hybridized carbons (Fsp3) is 0.632. The molecular formula is C19H29N3O. The summed E-state index contributed by atoms with van der Waals surface area (Å²) >= 11 is 0. The van der Waals surface area contributed by atoms with Crippen molar-refractivity contribution < 1.29 is 5.11 Å². The van der Waals surface area contributed by atoms with Crippen molar-refractivity contribution in [3.63, 3.8) is 0 Å². The number of phenolic OH excluding ortho intramolecular Hbond substituents is 1. The minimum atomic E-state index is 0.286. The summed E-state index contributed by atoms with van der Waals surface area (Å²) in [6.45, 7) is 3.33. The van der Waals surface area contributed by atoms with Crippen LogP contribution in [0.1, 0.15) is 58.3 Å². The number of aromatic hydroxyl groups is 1. The van der Waals surface area contributed by atoms with E-state index in [2.05, 4.69) is 17.1 Å². The smallest absolute Gasteiger partial charge is 0.199 e. The van der Waals surface area contributed by atoms with Crippen LogP contribution in [0.25, 0.3) is 0 Å². The highest BCUT2D eigenvalue weighted by atomic mass is 16.3. The number of likely N-dealkylation sites (tertiary alicyclic amines) is 1. The number of aliphatic imine (C=N–C) groups is 1. The maximum absolute atomic E-state index is 10.1. The Labute approximate surface area is 139 Å². The van der Waals surface area contributed by atoms with Crippen LogP contribution in [0.3, 0.4) is 0 Å². The summed E-state index contributed by atoms with van der Waals surface area (Å²) in [5, 5.41) is 13.5. The lowest BCUT2D eigenvalue weighted by atomic mass is 9.96. The topological polar surface area (TPSA) is 47.9 Å². The predicted molar refractivity (Wildman–Crippen MR) is 96.1 cm³/mol. The summed E-state index contributed by atoms with van der Waals surface area (Å²) in [4.78, 5) is 7.46. The third kappa shape index (κ3) is 4.18. The molecule has 1 saturated carbocycles. The van der Waals surface area contributed by atoms with E-state index in [9.17, 15) is 5.11 Å². The highest BCUT2D eigenvalue weighted by Gasteiger charge is 2.24. The fourth-order valence-corrected chi connectivity index (χ4v) is 3.67. The molecule has 4 nitrogen and oxygen atoms in total. The summed E-state index contributed by atoms with van der Waals surface area (Å²) in [5.41, 5.74) is 0.750. The summed E-state index contributed by atoms with van der Waals surface area (Å²) in [6.07, 6.45) is 10.0. The Kier molecular flexibility index (Phi) is 5.42. The average Bonchev–Trinajstić information content (AvgIpc) is 2.58. The lowest BCUT2D eigenvalue weighted by Gasteiger charge is -2.37. The first-order valence-electron chi connectivity index (χ1n) is 9.13. The molecule has 0 spiro atoms. The van der Waals surface area contributed by atoms with Gasteiger partial charge in [-0.1, -0.05) is 31.4 Å². The molecule has 1 aliphatic carbocycles. The molecule has 126 valence electrons. The molecule has 1 atom stereocenters. The van der Waals surface area contributed by atoms with E-state index in [1.165, 1.54) is 51.4 Å². The number of para-hydroxylation sites is 2. The van der Waals surface area contributed by atoms with Gasteiger partial charge in [0.1, 0.15) is 5.75 Å². The Morgan fingerprint density at radius 2 is 1.83 bits per heavy atom. The van der Waals surface area contributed by atoms with Gasteiger partial charge in [-0.15, -0.1) is 0 Å². The van der Waals surface area contributed by atoms with Crippen LogP contribution in [-0.4, -0.2) is 34.6 Å². The Bertz CT molecular complexity index is 537. The van der Waals surface area contributed by atoms with Gasteiger partial charge in [-0.2, -0.15) is 0 Å². The van der Waals surface area contributed by atoms with Crippen molar-refractivity contribution in [3.8, 4) is 5.75 Å². The summed E-state index contributed by atoms with van der Waals surface area (Å²) in [6, 6.07) is 8.36. The van der Waals surface area contributed by atoms with Gasteiger partial charge >= 0.3 is 0 Å². The molecule has 1 aliphatic heterocycles. The van der Waals surface area contributed by atoms with E-state index in [0.717, 1.165) is 18.2 Å². The van der Waals surface area contributed by atoms with Crippen LogP contribution in [0.4, 0.5) is 5.69 Å². The number of phenols is 1. The number of hydrogen-bond acceptors (Lipinski definition) is 2. The number of anilines is 1. The molecule has 1 unspecified atom stereocenters. The fourth-order valence-electron chi connectivity index (χ4n) is 3.67. The molecule has 1 aromatic carbocycles. The molecule has 0 aromatic heterocycles. The van der Waals surface area contributed by atoms with Gasteiger partial charge in [-0.05, 0) is 51.2 Å². The standard InChI is InChI=1S/C19H29N3O/c1-15-9-7-8-14-22(15)19(20-16-10-3-2-4-11-16)21-17-12-5-6-13-18(17)23/h5-6,12-13,15-16,23H,2-4,7-11,14H2,1H3,(H,20,21). The van der Waals surface area contributed by atoms with Gasteiger partial charge in [-0.25, -0.2) is 4.99 Å². The van der Waals surface area contributed by atoms with Crippen LogP contribution < -0.4 is 5.32 Å². The molecule has 1 heterocycles. The zero-order chi connectivity index (χ0) is 16.1. The highest BCUT2D eigenvalue weighted by molar-refractivity contribution is 5.95. The molecular weight excluding hydrogens is 286 g/mol. The van der Waals surface area contributed by atoms with Crippen molar-refractivity contribution >= 4 is 11.6 Å². The maximum Gasteiger partial charge on any atom is 0.199 e. The third-order valence-corrected chi connectivity index (χ3v) is 5.11. The zero-order valence-corrected chi connectivity index (χ0v) is 14.2. The number of guanidine groups is 1. The molecule has 3 rings (SSSR count). The SMILES string of the molecule is CC1CCCCN1C(=NC1CCCCC1)Nc1ccccc1O. The number of nitrogens with one attached hydrogen (secondary N) is 1. The van der Waals surface area contributed by atoms with Crippen LogP contribution in [-0.2, 0) is 0 Å². The minimum absolute atomic E-state index is 0.286. The van der Waals surface area contributed by atoms with Crippen molar-refractivity contribution in [2.24, 2.45) is 4.99 Å². The molecule has 2 N–H and O–H groups in total. The first-order valence-corrected chi connectivity index (χ1v) is 9.13. The minimum Gasteiger partial charge on any atom is -0.506 e. The first kappa shape index (κ1) is 16.2. The van der Waals surface area contributed by atoms with E-state index < -0.39 is 0 Å². The van der Waals surface area contributed by atoms with Gasteiger partial charge < -0.3 is 15.3 Å². The number of piperidine rings is 1. The van der Waals surface area contributed by atoms with E-state index in [0.29, 0.717) is 12.1 Å². The Balaban J connectivity index is 1.83. The van der Waals surface area contributed by atoms with Crippen molar-refractivity contribution in [3.05, 3.63) is 24.3 Å². The van der Waals surface area contributed by atoms with E-state index in [1.54, 1.807) is 6.07 Å². The lowest BCUT2D eigenvalue weighted by Crippen LogP contribution is -2.46. The van der Waals surface area contributed by atoms with Crippen LogP contribution >= 0.6 is 0 Å². The molecule has 0 amide bonds. The highest BCUT2D eigenvalue weighted by Crippen LogP contribution is 2.26. The summed E-state index contributed by atoms with van der Waals surface area (Å²) in [7, 11) is 0. The predicted octanol–water partition coefficient (Wildman–Crippen LogP) is 4.37. The van der Waals surface area contributed by atoms with E-state index >= 15 is 0 Å². The van der Waals surface area contributed by atoms with Gasteiger partial charge in [0.05, 0.1) is 11.7 Å². The molecule has 4 heteroatoms. The summed E-state index contributed by atoms with van der Waals surface area (Å²) in [5.74, 6) is 1.24. The van der Waals surface area contributed by atoms with Gasteiger partial charge in [-0.3, -0.25) is 0 Å².